The molecule has 8 heteroatoms. The molecule has 0 bridgehead atoms. The summed E-state index contributed by atoms with van der Waals surface area (Å²) < 4.78 is 36.0. The maximum Gasteiger partial charge on any atom is 0.335 e. The van der Waals surface area contributed by atoms with E-state index in [0.29, 0.717) is 19.8 Å². The van der Waals surface area contributed by atoms with E-state index in [0.717, 1.165) is 17.4 Å². The van der Waals surface area contributed by atoms with Gasteiger partial charge in [0, 0.05) is 13.6 Å². The number of quaternary nitrogens is 1. The molecule has 1 rings (SSSR count). The van der Waals surface area contributed by atoms with Crippen LogP contribution in [0, 0.1) is 0 Å². The van der Waals surface area contributed by atoms with Crippen LogP contribution in [0.2, 0.25) is 0 Å². The van der Waals surface area contributed by atoms with Crippen LogP contribution < -0.4 is 4.90 Å². The number of likely N-dealkylation sites (N-methyl/N-ethyl adjacent to an activating group) is 1. The quantitative estimate of drug-likeness (QED) is 0.455. The highest BCUT2D eigenvalue weighted by atomic mass is 32.2. The lowest BCUT2D eigenvalue weighted by molar-refractivity contribution is -0.910. The van der Waals surface area contributed by atoms with Gasteiger partial charge in [-0.2, -0.15) is 12.7 Å². The lowest BCUT2D eigenvalue weighted by atomic mass is 10.3. The van der Waals surface area contributed by atoms with Gasteiger partial charge < -0.3 is 14.7 Å². The standard InChI is InChI=1S/C8H18N2O5S/c1-9(16(12,13)14)6-8(11)7-10-2-4-15-5-3-10/h8,11H,2-7H2,1H3,(H,12,13,14)/p+1/t8-/m1/s1. The Labute approximate surface area is 95.5 Å². The summed E-state index contributed by atoms with van der Waals surface area (Å²) in [6, 6.07) is 0. The Morgan fingerprint density at radius 3 is 2.50 bits per heavy atom. The summed E-state index contributed by atoms with van der Waals surface area (Å²) in [5.41, 5.74) is 0. The van der Waals surface area contributed by atoms with Crippen LogP contribution in [0.25, 0.3) is 0 Å². The molecule has 1 heterocycles. The highest BCUT2D eigenvalue weighted by Gasteiger charge is 2.22. The van der Waals surface area contributed by atoms with Gasteiger partial charge in [0.1, 0.15) is 25.7 Å². The molecular formula is C8H19N2O5S+. The Bertz CT molecular complexity index is 302. The zero-order chi connectivity index (χ0) is 12.2. The molecule has 3 N–H and O–H groups in total. The summed E-state index contributed by atoms with van der Waals surface area (Å²) in [5, 5.41) is 9.66. The van der Waals surface area contributed by atoms with E-state index in [-0.39, 0.29) is 6.54 Å². The van der Waals surface area contributed by atoms with Gasteiger partial charge >= 0.3 is 10.3 Å². The minimum atomic E-state index is -4.20. The fourth-order valence-corrected chi connectivity index (χ4v) is 2.01. The van der Waals surface area contributed by atoms with E-state index in [2.05, 4.69) is 0 Å². The second kappa shape index (κ2) is 5.89. The first-order valence-electron chi connectivity index (χ1n) is 5.17. The Kier molecular flexibility index (Phi) is 5.09. The Morgan fingerprint density at radius 1 is 1.44 bits per heavy atom. The number of hydrogen-bond donors (Lipinski definition) is 3. The molecule has 1 aliphatic heterocycles. The molecule has 0 aromatic rings. The topological polar surface area (TPSA) is 91.5 Å². The number of hydrogen-bond acceptors (Lipinski definition) is 4. The van der Waals surface area contributed by atoms with Crippen molar-refractivity contribution in [1.29, 1.82) is 0 Å². The zero-order valence-electron chi connectivity index (χ0n) is 9.29. The van der Waals surface area contributed by atoms with Crippen LogP contribution in [-0.4, -0.2) is 74.9 Å². The van der Waals surface area contributed by atoms with E-state index in [4.69, 9.17) is 9.29 Å². The molecule has 16 heavy (non-hydrogen) atoms. The summed E-state index contributed by atoms with van der Waals surface area (Å²) in [7, 11) is -2.97. The fraction of sp³-hybridized carbons (Fsp3) is 1.00. The van der Waals surface area contributed by atoms with Crippen molar-refractivity contribution < 1.29 is 27.7 Å². The molecule has 7 nitrogen and oxygen atoms in total. The number of morpholine rings is 1. The SMILES string of the molecule is CN(C[C@@H](O)C[NH+]1CCOCC1)S(=O)(=O)O. The highest BCUT2D eigenvalue weighted by Crippen LogP contribution is 1.94. The normalized spacial score (nSPS) is 21.2. The third-order valence-corrected chi connectivity index (χ3v) is 3.52. The van der Waals surface area contributed by atoms with E-state index >= 15 is 0 Å². The Hall–Kier alpha value is -0.250. The van der Waals surface area contributed by atoms with Gasteiger partial charge in [-0.05, 0) is 0 Å². The van der Waals surface area contributed by atoms with Gasteiger partial charge in [-0.1, -0.05) is 0 Å². The van der Waals surface area contributed by atoms with Gasteiger partial charge in [0.05, 0.1) is 13.2 Å². The summed E-state index contributed by atoms with van der Waals surface area (Å²) in [4.78, 5) is 1.18. The predicted octanol–water partition coefficient (Wildman–Crippen LogP) is -3.00. The first kappa shape index (κ1) is 13.8. The average molecular weight is 255 g/mol. The highest BCUT2D eigenvalue weighted by molar-refractivity contribution is 7.83. The lowest BCUT2D eigenvalue weighted by Gasteiger charge is -2.26. The third kappa shape index (κ3) is 4.73. The van der Waals surface area contributed by atoms with Crippen LogP contribution in [0.1, 0.15) is 0 Å². The van der Waals surface area contributed by atoms with Gasteiger partial charge in [-0.15, -0.1) is 0 Å². The van der Waals surface area contributed by atoms with E-state index in [9.17, 15) is 13.5 Å². The Balaban J connectivity index is 2.32. The molecule has 0 aromatic carbocycles. The monoisotopic (exact) mass is 255 g/mol. The molecule has 0 unspecified atom stereocenters. The van der Waals surface area contributed by atoms with E-state index < -0.39 is 16.4 Å². The molecule has 0 radical (unpaired) electrons. The zero-order valence-corrected chi connectivity index (χ0v) is 10.1. The van der Waals surface area contributed by atoms with Crippen LogP contribution in [0.3, 0.4) is 0 Å². The van der Waals surface area contributed by atoms with Crippen molar-refractivity contribution in [2.45, 2.75) is 6.10 Å². The van der Waals surface area contributed by atoms with Crippen molar-refractivity contribution in [3.63, 3.8) is 0 Å². The molecule has 0 aromatic heterocycles. The molecule has 1 atom stereocenters. The van der Waals surface area contributed by atoms with Gasteiger partial charge in [-0.25, -0.2) is 0 Å². The van der Waals surface area contributed by atoms with E-state index in [1.54, 1.807) is 0 Å². The average Bonchev–Trinajstić information content (AvgIpc) is 2.17. The summed E-state index contributed by atoms with van der Waals surface area (Å²) in [6.45, 7) is 3.32. The van der Waals surface area contributed by atoms with Crippen molar-refractivity contribution >= 4 is 10.3 Å². The maximum atomic E-state index is 10.7. The fourth-order valence-electron chi connectivity index (χ4n) is 1.65. The minimum absolute atomic E-state index is 0.0941. The first-order valence-corrected chi connectivity index (χ1v) is 6.57. The number of nitrogens with zero attached hydrogens (tertiary/aromatic N) is 1. The van der Waals surface area contributed by atoms with Crippen molar-refractivity contribution in [3.8, 4) is 0 Å². The minimum Gasteiger partial charge on any atom is -0.386 e. The van der Waals surface area contributed by atoms with Crippen molar-refractivity contribution in [2.75, 3.05) is 46.4 Å². The number of nitrogens with one attached hydrogen (secondary N) is 1. The van der Waals surface area contributed by atoms with Crippen LogP contribution in [-0.2, 0) is 15.0 Å². The number of rotatable bonds is 5. The number of aliphatic hydroxyl groups excluding tert-OH is 1. The van der Waals surface area contributed by atoms with Gasteiger partial charge in [0.15, 0.2) is 0 Å². The number of ether oxygens (including phenoxy) is 1. The van der Waals surface area contributed by atoms with Gasteiger partial charge in [-0.3, -0.25) is 4.55 Å². The number of aliphatic hydroxyl groups is 1. The van der Waals surface area contributed by atoms with Crippen molar-refractivity contribution in [1.82, 2.24) is 4.31 Å². The first-order chi connectivity index (χ1) is 7.39. The largest absolute Gasteiger partial charge is 0.386 e. The van der Waals surface area contributed by atoms with Crippen LogP contribution >= 0.6 is 0 Å². The van der Waals surface area contributed by atoms with Crippen LogP contribution in [0.15, 0.2) is 0 Å². The predicted molar refractivity (Wildman–Crippen MR) is 56.6 cm³/mol. The maximum absolute atomic E-state index is 10.7. The van der Waals surface area contributed by atoms with Crippen LogP contribution in [0.5, 0.6) is 0 Å². The van der Waals surface area contributed by atoms with E-state index in [1.807, 2.05) is 0 Å². The molecule has 0 saturated carbocycles. The Morgan fingerprint density at radius 2 is 2.00 bits per heavy atom. The molecule has 0 spiro atoms. The molecule has 0 amide bonds. The lowest BCUT2D eigenvalue weighted by Crippen LogP contribution is -3.15. The summed E-state index contributed by atoms with van der Waals surface area (Å²) in [6.07, 6.45) is -0.778. The molecule has 1 saturated heterocycles. The molecule has 1 aliphatic rings. The molecule has 0 aliphatic carbocycles. The summed E-state index contributed by atoms with van der Waals surface area (Å²) in [5.74, 6) is 0. The van der Waals surface area contributed by atoms with Gasteiger partial charge in [0.25, 0.3) is 0 Å². The smallest absolute Gasteiger partial charge is 0.335 e. The molecule has 1 fully saturated rings. The molecular weight excluding hydrogens is 236 g/mol. The third-order valence-electron chi connectivity index (χ3n) is 2.59. The molecule has 96 valence electrons. The van der Waals surface area contributed by atoms with Crippen molar-refractivity contribution in [2.24, 2.45) is 0 Å². The van der Waals surface area contributed by atoms with E-state index in [1.165, 1.54) is 11.9 Å². The second-order valence-electron chi connectivity index (χ2n) is 3.98. The van der Waals surface area contributed by atoms with Gasteiger partial charge in [0.2, 0.25) is 0 Å². The van der Waals surface area contributed by atoms with Crippen molar-refractivity contribution in [3.05, 3.63) is 0 Å². The van der Waals surface area contributed by atoms with Crippen LogP contribution in [0.4, 0.5) is 0 Å². The summed E-state index contributed by atoms with van der Waals surface area (Å²) >= 11 is 0. The second-order valence-corrected chi connectivity index (χ2v) is 5.50.